The maximum atomic E-state index is 11.8. The number of hydrogen-bond acceptors (Lipinski definition) is 7. The topological polar surface area (TPSA) is 103 Å². The molecule has 2 aromatic heterocycles. The molecule has 0 aliphatic rings. The van der Waals surface area contributed by atoms with Crippen LogP contribution in [0.3, 0.4) is 0 Å². The van der Waals surface area contributed by atoms with Gasteiger partial charge in [-0.2, -0.15) is 8.42 Å². The summed E-state index contributed by atoms with van der Waals surface area (Å²) >= 11 is 0. The van der Waals surface area contributed by atoms with Crippen molar-refractivity contribution >= 4 is 51.4 Å². The molecule has 156 valence electrons. The van der Waals surface area contributed by atoms with E-state index in [9.17, 15) is 16.8 Å². The van der Waals surface area contributed by atoms with Gasteiger partial charge in [-0.15, -0.1) is 0 Å². The average Bonchev–Trinajstić information content (AvgIpc) is 2.72. The fraction of sp³-hybridized carbons (Fsp3) is 0.100. The molecule has 0 amide bonds. The Hall–Kier alpha value is -2.59. The number of nitrogens with zero attached hydrogens (tertiary/aromatic N) is 2. The molecule has 10 heteroatoms. The van der Waals surface area contributed by atoms with Crippen molar-refractivity contribution in [2.45, 2.75) is 16.7 Å². The summed E-state index contributed by atoms with van der Waals surface area (Å²) in [6.07, 6.45) is 6.32. The van der Waals surface area contributed by atoms with Gasteiger partial charge >= 0.3 is 0 Å². The molecule has 2 aromatic carbocycles. The number of pyridine rings is 2. The molecule has 0 aliphatic heterocycles. The smallest absolute Gasteiger partial charge is 0.267 e. The van der Waals surface area contributed by atoms with Gasteiger partial charge in [-0.25, -0.2) is 8.42 Å². The van der Waals surface area contributed by atoms with Crippen molar-refractivity contribution in [2.24, 2.45) is 0 Å². The highest BCUT2D eigenvalue weighted by Gasteiger charge is 2.17. The molecule has 0 unspecified atom stereocenters. The van der Waals surface area contributed by atoms with E-state index in [1.807, 2.05) is 6.07 Å². The minimum Gasteiger partial charge on any atom is -0.267 e. The molecule has 4 aromatic rings. The zero-order chi connectivity index (χ0) is 21.8. The number of rotatable bonds is 4. The first kappa shape index (κ1) is 22.1. The molecule has 0 saturated heterocycles. The molecule has 30 heavy (non-hydrogen) atoms. The Morgan fingerprint density at radius 3 is 1.80 bits per heavy atom. The van der Waals surface area contributed by atoms with Crippen molar-refractivity contribution in [1.29, 1.82) is 0 Å². The lowest BCUT2D eigenvalue weighted by molar-refractivity contribution is 0.338. The van der Waals surface area contributed by atoms with E-state index in [2.05, 4.69) is 9.97 Å². The number of halogens is 1. The summed E-state index contributed by atoms with van der Waals surface area (Å²) in [6, 6.07) is 13.2. The third-order valence-corrected chi connectivity index (χ3v) is 6.91. The van der Waals surface area contributed by atoms with Crippen molar-refractivity contribution in [3.05, 3.63) is 73.3 Å². The first-order chi connectivity index (χ1) is 14.2. The molecule has 0 aliphatic carbocycles. The second-order valence-electron chi connectivity index (χ2n) is 6.00. The largest absolute Gasteiger partial charge is 0.297 e. The van der Waals surface area contributed by atoms with Gasteiger partial charge in [0, 0.05) is 57.0 Å². The molecule has 0 radical (unpaired) electrons. The van der Waals surface area contributed by atoms with E-state index in [1.165, 1.54) is 18.3 Å². The van der Waals surface area contributed by atoms with Crippen molar-refractivity contribution in [2.75, 3.05) is 6.61 Å². The van der Waals surface area contributed by atoms with E-state index in [1.54, 1.807) is 55.8 Å². The summed E-state index contributed by atoms with van der Waals surface area (Å²) in [5, 5.41) is 2.76. The van der Waals surface area contributed by atoms with Gasteiger partial charge < -0.3 is 0 Å². The van der Waals surface area contributed by atoms with Crippen molar-refractivity contribution < 1.29 is 21.0 Å². The Balaban J connectivity index is 0.000000172. The lowest BCUT2D eigenvalue weighted by Gasteiger charge is -2.06. The standard InChI is InChI=1S/C11H11NO3S.C9H6ClNO2S/c1-2-15-16(13,14)11-5-3-4-9-8-12-7-6-10(9)11;10-14(12,13)9-3-1-2-7-6-11-5-4-8(7)9/h3-8H,2H2,1H3;1-6H. The predicted octanol–water partition coefficient (Wildman–Crippen LogP) is 4.12. The van der Waals surface area contributed by atoms with Crippen LogP contribution in [-0.2, 0) is 23.4 Å². The quantitative estimate of drug-likeness (QED) is 0.330. The minimum absolute atomic E-state index is 0.124. The van der Waals surface area contributed by atoms with E-state index in [0.717, 1.165) is 10.8 Å². The van der Waals surface area contributed by atoms with Gasteiger partial charge in [0.05, 0.1) is 11.5 Å². The van der Waals surface area contributed by atoms with Crippen LogP contribution in [0, 0.1) is 0 Å². The number of aromatic nitrogens is 2. The van der Waals surface area contributed by atoms with Crippen molar-refractivity contribution in [3.8, 4) is 0 Å². The van der Waals surface area contributed by atoms with Crippen molar-refractivity contribution in [3.63, 3.8) is 0 Å². The highest BCUT2D eigenvalue weighted by molar-refractivity contribution is 8.14. The van der Waals surface area contributed by atoms with E-state index >= 15 is 0 Å². The van der Waals surface area contributed by atoms with Crippen LogP contribution in [0.25, 0.3) is 21.5 Å². The fourth-order valence-corrected chi connectivity index (χ4v) is 5.07. The van der Waals surface area contributed by atoms with Gasteiger partial charge in [0.2, 0.25) is 0 Å². The van der Waals surface area contributed by atoms with Gasteiger partial charge in [-0.1, -0.05) is 24.3 Å². The summed E-state index contributed by atoms with van der Waals surface area (Å²) in [5.74, 6) is 0. The second-order valence-corrected chi connectivity index (χ2v) is 10.1. The molecule has 2 heterocycles. The predicted molar refractivity (Wildman–Crippen MR) is 115 cm³/mol. The van der Waals surface area contributed by atoms with Gasteiger partial charge in [0.15, 0.2) is 0 Å². The van der Waals surface area contributed by atoms with Crippen LogP contribution >= 0.6 is 10.7 Å². The number of benzene rings is 2. The fourth-order valence-electron chi connectivity index (χ4n) is 2.83. The highest BCUT2D eigenvalue weighted by Crippen LogP contribution is 2.25. The highest BCUT2D eigenvalue weighted by atomic mass is 35.7. The van der Waals surface area contributed by atoms with E-state index in [0.29, 0.717) is 10.8 Å². The zero-order valence-electron chi connectivity index (χ0n) is 15.8. The Morgan fingerprint density at radius 1 is 0.800 bits per heavy atom. The van der Waals surface area contributed by atoms with Gasteiger partial charge in [0.25, 0.3) is 19.2 Å². The Labute approximate surface area is 178 Å². The molecular weight excluding hydrogens is 448 g/mol. The number of hydrogen-bond donors (Lipinski definition) is 0. The lowest BCUT2D eigenvalue weighted by atomic mass is 10.2. The molecular formula is C20H17ClN2O5S2. The Kier molecular flexibility index (Phi) is 6.67. The van der Waals surface area contributed by atoms with Crippen LogP contribution in [0.5, 0.6) is 0 Å². The third-order valence-electron chi connectivity index (χ3n) is 4.09. The van der Waals surface area contributed by atoms with Crippen molar-refractivity contribution in [1.82, 2.24) is 9.97 Å². The molecule has 0 spiro atoms. The van der Waals surface area contributed by atoms with Gasteiger partial charge in [0.1, 0.15) is 4.90 Å². The first-order valence-corrected chi connectivity index (χ1v) is 12.5. The molecule has 7 nitrogen and oxygen atoms in total. The van der Waals surface area contributed by atoms with Crippen LogP contribution in [0.4, 0.5) is 0 Å². The number of fused-ring (bicyclic) bond motifs is 2. The molecule has 0 atom stereocenters. The summed E-state index contributed by atoms with van der Waals surface area (Å²) < 4.78 is 50.8. The summed E-state index contributed by atoms with van der Waals surface area (Å²) in [7, 11) is -2.06. The summed E-state index contributed by atoms with van der Waals surface area (Å²) in [5.41, 5.74) is 0. The average molecular weight is 465 g/mol. The van der Waals surface area contributed by atoms with Gasteiger partial charge in [-0.3, -0.25) is 14.2 Å². The lowest BCUT2D eigenvalue weighted by Crippen LogP contribution is -2.06. The molecule has 0 bridgehead atoms. The van der Waals surface area contributed by atoms with Crippen LogP contribution in [0.15, 0.2) is 83.1 Å². The normalized spacial score (nSPS) is 11.8. The van der Waals surface area contributed by atoms with Crippen LogP contribution in [0.2, 0.25) is 0 Å². The first-order valence-electron chi connectivity index (χ1n) is 8.73. The van der Waals surface area contributed by atoms with E-state index < -0.39 is 19.2 Å². The van der Waals surface area contributed by atoms with Gasteiger partial charge in [-0.05, 0) is 31.2 Å². The minimum atomic E-state index is -3.68. The zero-order valence-corrected chi connectivity index (χ0v) is 18.2. The third kappa shape index (κ3) is 4.93. The van der Waals surface area contributed by atoms with E-state index in [-0.39, 0.29) is 16.4 Å². The monoisotopic (exact) mass is 464 g/mol. The Morgan fingerprint density at radius 2 is 1.30 bits per heavy atom. The molecule has 0 saturated carbocycles. The maximum absolute atomic E-state index is 11.8. The van der Waals surface area contributed by atoms with Crippen LogP contribution < -0.4 is 0 Å². The Bertz CT molecular complexity index is 1400. The molecule has 0 N–H and O–H groups in total. The SMILES string of the molecule is CCOS(=O)(=O)c1cccc2cnccc12.O=S(=O)(Cl)c1cccc2cnccc12. The summed E-state index contributed by atoms with van der Waals surface area (Å²) in [4.78, 5) is 8.16. The maximum Gasteiger partial charge on any atom is 0.297 e. The molecule has 0 fully saturated rings. The van der Waals surface area contributed by atoms with Crippen LogP contribution in [0.1, 0.15) is 6.92 Å². The van der Waals surface area contributed by atoms with E-state index in [4.69, 9.17) is 14.9 Å². The molecule has 4 rings (SSSR count). The second kappa shape index (κ2) is 9.05. The van der Waals surface area contributed by atoms with Crippen LogP contribution in [-0.4, -0.2) is 33.4 Å². The summed E-state index contributed by atoms with van der Waals surface area (Å²) in [6.45, 7) is 1.77.